The normalized spacial score (nSPS) is 16.2. The quantitative estimate of drug-likeness (QED) is 0.154. The maximum absolute atomic E-state index is 13.7. The number of carbonyl (C=O) groups is 4. The van der Waals surface area contributed by atoms with Crippen LogP contribution in [0.25, 0.3) is 10.9 Å². The van der Waals surface area contributed by atoms with E-state index in [-0.39, 0.29) is 36.2 Å². The first-order valence-corrected chi connectivity index (χ1v) is 18.0. The zero-order valence-electron chi connectivity index (χ0n) is 30.0. The number of carbonyl (C=O) groups excluding carboxylic acids is 4. The molecule has 1 heterocycles. The van der Waals surface area contributed by atoms with E-state index in [2.05, 4.69) is 35.0 Å². The third kappa shape index (κ3) is 11.1. The fraction of sp³-hybridized carbons (Fsp3) is 0.538. The van der Waals surface area contributed by atoms with Crippen molar-refractivity contribution in [1.29, 1.82) is 0 Å². The molecule has 0 atom stereocenters. The number of hydrogen-bond acceptors (Lipinski definition) is 5. The summed E-state index contributed by atoms with van der Waals surface area (Å²) < 4.78 is 7.07. The number of para-hydroxylation sites is 1. The smallest absolute Gasteiger partial charge is 0.407 e. The van der Waals surface area contributed by atoms with Crippen LogP contribution in [0.4, 0.5) is 10.5 Å². The summed E-state index contributed by atoms with van der Waals surface area (Å²) in [6.07, 6.45) is 7.08. The van der Waals surface area contributed by atoms with Crippen molar-refractivity contribution in [2.75, 3.05) is 24.5 Å². The van der Waals surface area contributed by atoms with Crippen molar-refractivity contribution in [1.82, 2.24) is 20.5 Å². The molecule has 1 saturated carbocycles. The molecule has 4 amide bonds. The summed E-state index contributed by atoms with van der Waals surface area (Å²) in [6, 6.07) is 17.6. The lowest BCUT2D eigenvalue weighted by Crippen LogP contribution is -2.42. The summed E-state index contributed by atoms with van der Waals surface area (Å²) in [5.41, 5.74) is 2.84. The third-order valence-electron chi connectivity index (χ3n) is 9.09. The van der Waals surface area contributed by atoms with Crippen molar-refractivity contribution in [3.63, 3.8) is 0 Å². The van der Waals surface area contributed by atoms with E-state index in [1.165, 1.54) is 5.56 Å². The highest BCUT2D eigenvalue weighted by Gasteiger charge is 2.28. The van der Waals surface area contributed by atoms with Crippen LogP contribution < -0.4 is 20.9 Å². The van der Waals surface area contributed by atoms with Crippen LogP contribution in [0.3, 0.4) is 0 Å². The van der Waals surface area contributed by atoms with Gasteiger partial charge >= 0.3 is 6.09 Å². The Morgan fingerprint density at radius 3 is 2.22 bits per heavy atom. The Morgan fingerprint density at radius 2 is 1.55 bits per heavy atom. The molecular formula is C39H55N5O5. The number of nitrogens with zero attached hydrogens (tertiary/aromatic N) is 2. The minimum Gasteiger partial charge on any atom is -0.444 e. The summed E-state index contributed by atoms with van der Waals surface area (Å²) in [6.45, 7) is 11.4. The van der Waals surface area contributed by atoms with Crippen LogP contribution in [-0.4, -0.2) is 59.7 Å². The van der Waals surface area contributed by atoms with Gasteiger partial charge in [0.05, 0.1) is 0 Å². The van der Waals surface area contributed by atoms with E-state index in [4.69, 9.17) is 4.74 Å². The Balaban J connectivity index is 1.23. The molecule has 0 aliphatic heterocycles. The highest BCUT2D eigenvalue weighted by molar-refractivity contribution is 6.01. The van der Waals surface area contributed by atoms with Gasteiger partial charge in [0.1, 0.15) is 17.8 Å². The Bertz CT molecular complexity index is 1570. The number of likely N-dealkylation sites (N-methyl/N-ethyl adjacent to an activating group) is 1. The molecule has 3 aromatic rings. The fourth-order valence-electron chi connectivity index (χ4n) is 6.46. The molecule has 0 spiro atoms. The van der Waals surface area contributed by atoms with E-state index < -0.39 is 11.7 Å². The number of unbranched alkanes of at least 4 members (excludes halogenated alkanes) is 3. The monoisotopic (exact) mass is 673 g/mol. The SMILES string of the molecule is CCc1cccc(N(CC)C(=O)Cn2c(C(=O)N[C@H]3CC[C@H](C(=O)NCCCCCCNC(=O)OC(C)(C)C)CC3)cc3ccccc32)c1. The van der Waals surface area contributed by atoms with Gasteiger partial charge in [-0.05, 0) is 102 Å². The molecule has 1 fully saturated rings. The molecule has 49 heavy (non-hydrogen) atoms. The van der Waals surface area contributed by atoms with Gasteiger partial charge in [0.2, 0.25) is 11.8 Å². The van der Waals surface area contributed by atoms with E-state index in [0.717, 1.165) is 74.4 Å². The topological polar surface area (TPSA) is 122 Å². The van der Waals surface area contributed by atoms with Gasteiger partial charge in [-0.3, -0.25) is 14.4 Å². The lowest BCUT2D eigenvalue weighted by atomic mass is 9.85. The van der Waals surface area contributed by atoms with Crippen molar-refractivity contribution in [2.45, 2.75) is 111 Å². The van der Waals surface area contributed by atoms with Crippen LogP contribution in [0.2, 0.25) is 0 Å². The van der Waals surface area contributed by atoms with Crippen LogP contribution in [0.15, 0.2) is 54.6 Å². The lowest BCUT2D eigenvalue weighted by molar-refractivity contribution is -0.126. The van der Waals surface area contributed by atoms with Gasteiger partial charge in [-0.15, -0.1) is 0 Å². The number of ether oxygens (including phenoxy) is 1. The zero-order valence-corrected chi connectivity index (χ0v) is 30.0. The molecule has 10 heteroatoms. The van der Waals surface area contributed by atoms with Gasteiger partial charge in [-0.2, -0.15) is 0 Å². The van der Waals surface area contributed by atoms with Crippen LogP contribution in [0.5, 0.6) is 0 Å². The van der Waals surface area contributed by atoms with Crippen LogP contribution in [0, 0.1) is 5.92 Å². The van der Waals surface area contributed by atoms with Gasteiger partial charge < -0.3 is 30.2 Å². The van der Waals surface area contributed by atoms with Crippen molar-refractivity contribution >= 4 is 40.4 Å². The van der Waals surface area contributed by atoms with Gasteiger partial charge in [-0.25, -0.2) is 4.79 Å². The van der Waals surface area contributed by atoms with Crippen molar-refractivity contribution in [3.8, 4) is 0 Å². The molecule has 0 radical (unpaired) electrons. The minimum absolute atomic E-state index is 0.0306. The maximum Gasteiger partial charge on any atom is 0.407 e. The Morgan fingerprint density at radius 1 is 0.857 bits per heavy atom. The van der Waals surface area contributed by atoms with E-state index in [1.807, 2.05) is 74.7 Å². The molecule has 2 aromatic carbocycles. The number of amides is 4. The van der Waals surface area contributed by atoms with E-state index in [9.17, 15) is 19.2 Å². The van der Waals surface area contributed by atoms with Crippen molar-refractivity contribution < 1.29 is 23.9 Å². The molecule has 10 nitrogen and oxygen atoms in total. The number of benzene rings is 2. The van der Waals surface area contributed by atoms with Crippen molar-refractivity contribution in [2.24, 2.45) is 5.92 Å². The molecule has 3 N–H and O–H groups in total. The zero-order chi connectivity index (χ0) is 35.4. The summed E-state index contributed by atoms with van der Waals surface area (Å²) in [7, 11) is 0. The first-order valence-electron chi connectivity index (χ1n) is 18.0. The average Bonchev–Trinajstić information content (AvgIpc) is 3.44. The fourth-order valence-corrected chi connectivity index (χ4v) is 6.46. The highest BCUT2D eigenvalue weighted by atomic mass is 16.6. The Hall–Kier alpha value is -4.34. The standard InChI is InChI=1S/C39H55N5O5/c1-6-28-15-14-17-32(25-28)43(7-2)35(45)27-44-33-18-11-10-16-30(33)26-34(44)37(47)42-31-21-19-29(20-22-31)36(46)40-23-12-8-9-13-24-41-38(48)49-39(3,4)5/h10-11,14-18,25-26,29,31H,6-9,12-13,19-24,27H2,1-5H3,(H,40,46)(H,41,48)(H,42,47)/t29-,31-. The summed E-state index contributed by atoms with van der Waals surface area (Å²) >= 11 is 0. The van der Waals surface area contributed by atoms with Crippen molar-refractivity contribution in [3.05, 3.63) is 65.9 Å². The molecule has 0 bridgehead atoms. The summed E-state index contributed by atoms with van der Waals surface area (Å²) in [5.74, 6) is -0.247. The predicted octanol–water partition coefficient (Wildman–Crippen LogP) is 6.75. The molecular weight excluding hydrogens is 618 g/mol. The average molecular weight is 674 g/mol. The highest BCUT2D eigenvalue weighted by Crippen LogP contribution is 2.26. The number of anilines is 1. The molecule has 1 aliphatic rings. The number of fused-ring (bicyclic) bond motifs is 1. The van der Waals surface area contributed by atoms with E-state index in [0.29, 0.717) is 25.3 Å². The molecule has 1 aromatic heterocycles. The summed E-state index contributed by atoms with van der Waals surface area (Å²) in [4.78, 5) is 53.7. The third-order valence-corrected chi connectivity index (χ3v) is 9.09. The summed E-state index contributed by atoms with van der Waals surface area (Å²) in [5, 5.41) is 9.97. The first kappa shape index (κ1) is 37.5. The maximum atomic E-state index is 13.7. The Kier molecular flexibility index (Phi) is 13.7. The predicted molar refractivity (Wildman–Crippen MR) is 195 cm³/mol. The number of hydrogen-bond donors (Lipinski definition) is 3. The van der Waals surface area contributed by atoms with Crippen LogP contribution in [0.1, 0.15) is 102 Å². The largest absolute Gasteiger partial charge is 0.444 e. The second-order valence-electron chi connectivity index (χ2n) is 14.0. The van der Waals surface area contributed by atoms with Gasteiger partial charge in [-0.1, -0.05) is 50.1 Å². The van der Waals surface area contributed by atoms with Gasteiger partial charge in [0.15, 0.2) is 0 Å². The lowest BCUT2D eigenvalue weighted by Gasteiger charge is -2.28. The minimum atomic E-state index is -0.500. The second kappa shape index (κ2) is 17.9. The molecule has 4 rings (SSSR count). The van der Waals surface area contributed by atoms with E-state index >= 15 is 0 Å². The van der Waals surface area contributed by atoms with E-state index in [1.54, 1.807) is 4.90 Å². The van der Waals surface area contributed by atoms with Gasteiger partial charge in [0.25, 0.3) is 5.91 Å². The Labute approximate surface area is 291 Å². The molecule has 1 aliphatic carbocycles. The molecule has 0 unspecified atom stereocenters. The number of aromatic nitrogens is 1. The first-order chi connectivity index (χ1) is 23.5. The molecule has 266 valence electrons. The number of aryl methyl sites for hydroxylation is 1. The van der Waals surface area contributed by atoms with Crippen LogP contribution in [-0.2, 0) is 27.3 Å². The second-order valence-corrected chi connectivity index (χ2v) is 14.0. The number of nitrogens with one attached hydrogen (secondary N) is 3. The van der Waals surface area contributed by atoms with Gasteiger partial charge in [0, 0.05) is 48.2 Å². The van der Waals surface area contributed by atoms with Crippen LogP contribution >= 0.6 is 0 Å². The number of rotatable bonds is 15. The molecule has 0 saturated heterocycles. The number of alkyl carbamates (subject to hydrolysis) is 1.